The second kappa shape index (κ2) is 11.4. The molecule has 1 saturated heterocycles. The van der Waals surface area contributed by atoms with Gasteiger partial charge in [-0.05, 0) is 78.4 Å². The molecule has 1 aliphatic heterocycles. The summed E-state index contributed by atoms with van der Waals surface area (Å²) < 4.78 is 35.3. The number of pyridine rings is 1. The summed E-state index contributed by atoms with van der Waals surface area (Å²) >= 11 is 3.52. The maximum atomic E-state index is 13.0. The van der Waals surface area contributed by atoms with Crippen LogP contribution in [0.5, 0.6) is 5.75 Å². The summed E-state index contributed by atoms with van der Waals surface area (Å²) in [5.41, 5.74) is 3.65. The molecule has 190 valence electrons. The minimum Gasteiger partial charge on any atom is -0.493 e. The first-order valence-electron chi connectivity index (χ1n) is 12.2. The van der Waals surface area contributed by atoms with E-state index in [-0.39, 0.29) is 4.90 Å². The fourth-order valence-electron chi connectivity index (χ4n) is 4.47. The molecule has 0 unspecified atom stereocenters. The first-order chi connectivity index (χ1) is 18.0. The number of halogens is 1. The number of anilines is 2. The van der Waals surface area contributed by atoms with Crippen LogP contribution >= 0.6 is 15.9 Å². The molecule has 0 spiro atoms. The van der Waals surface area contributed by atoms with Crippen molar-refractivity contribution < 1.29 is 13.2 Å². The number of nitrogens with zero attached hydrogens (tertiary/aromatic N) is 2. The number of piperidine rings is 1. The van der Waals surface area contributed by atoms with Crippen molar-refractivity contribution >= 4 is 37.3 Å². The van der Waals surface area contributed by atoms with Gasteiger partial charge in [0, 0.05) is 41.3 Å². The standard InChI is InChI=1S/C29H28BrN3O3S/c30-29-20-27(10-11-28(29)23-4-2-1-3-5-23)37(34,35)32-24-6-8-26(9-7-24)36-21-22-14-18-33(19-15-22)25-12-16-31-17-13-25/h1-13,16-17,20,22,32H,14-15,18-19,21H2. The lowest BCUT2D eigenvalue weighted by atomic mass is 9.97. The van der Waals surface area contributed by atoms with Gasteiger partial charge in [-0.3, -0.25) is 9.71 Å². The van der Waals surface area contributed by atoms with E-state index in [9.17, 15) is 8.42 Å². The van der Waals surface area contributed by atoms with Crippen molar-refractivity contribution in [2.75, 3.05) is 29.3 Å². The lowest BCUT2D eigenvalue weighted by molar-refractivity contribution is 0.223. The van der Waals surface area contributed by atoms with Crippen LogP contribution in [0.25, 0.3) is 11.1 Å². The molecule has 1 N–H and O–H groups in total. The molecular formula is C29H28BrN3O3S. The number of aromatic nitrogens is 1. The van der Waals surface area contributed by atoms with Gasteiger partial charge < -0.3 is 9.64 Å². The molecule has 1 aliphatic rings. The third-order valence-electron chi connectivity index (χ3n) is 6.57. The maximum absolute atomic E-state index is 13.0. The topological polar surface area (TPSA) is 71.5 Å². The second-order valence-corrected chi connectivity index (χ2v) is 11.6. The Morgan fingerprint density at radius 3 is 2.30 bits per heavy atom. The molecular weight excluding hydrogens is 550 g/mol. The molecule has 0 saturated carbocycles. The van der Waals surface area contributed by atoms with E-state index in [4.69, 9.17) is 4.74 Å². The van der Waals surface area contributed by atoms with Crippen molar-refractivity contribution in [3.8, 4) is 16.9 Å². The average Bonchev–Trinajstić information content (AvgIpc) is 2.94. The van der Waals surface area contributed by atoms with Gasteiger partial charge in [-0.2, -0.15) is 0 Å². The van der Waals surface area contributed by atoms with Crippen molar-refractivity contribution in [2.45, 2.75) is 17.7 Å². The Bertz CT molecular complexity index is 1420. The lowest BCUT2D eigenvalue weighted by Crippen LogP contribution is -2.35. The van der Waals surface area contributed by atoms with Gasteiger partial charge in [0.25, 0.3) is 10.0 Å². The normalized spacial score (nSPS) is 14.4. The van der Waals surface area contributed by atoms with E-state index < -0.39 is 10.0 Å². The molecule has 0 amide bonds. The van der Waals surface area contributed by atoms with Gasteiger partial charge in [-0.15, -0.1) is 0 Å². The first-order valence-corrected chi connectivity index (χ1v) is 14.5. The van der Waals surface area contributed by atoms with E-state index in [1.807, 2.05) is 60.9 Å². The Labute approximate surface area is 226 Å². The highest BCUT2D eigenvalue weighted by atomic mass is 79.9. The van der Waals surface area contributed by atoms with Crippen LogP contribution in [0.15, 0.2) is 107 Å². The van der Waals surface area contributed by atoms with E-state index in [1.54, 1.807) is 36.4 Å². The summed E-state index contributed by atoms with van der Waals surface area (Å²) in [6.07, 6.45) is 5.79. The summed E-state index contributed by atoms with van der Waals surface area (Å²) in [6.45, 7) is 2.65. The number of hydrogen-bond donors (Lipinski definition) is 1. The van der Waals surface area contributed by atoms with Gasteiger partial charge in [0.1, 0.15) is 5.75 Å². The van der Waals surface area contributed by atoms with Crippen LogP contribution in [0, 0.1) is 5.92 Å². The third-order valence-corrected chi connectivity index (χ3v) is 8.61. The van der Waals surface area contributed by atoms with Crippen molar-refractivity contribution in [3.63, 3.8) is 0 Å². The van der Waals surface area contributed by atoms with Crippen LogP contribution in [-0.2, 0) is 10.0 Å². The van der Waals surface area contributed by atoms with Gasteiger partial charge in [0.15, 0.2) is 0 Å². The minimum absolute atomic E-state index is 0.192. The highest BCUT2D eigenvalue weighted by molar-refractivity contribution is 9.10. The average molecular weight is 579 g/mol. The Morgan fingerprint density at radius 1 is 0.919 bits per heavy atom. The number of nitrogens with one attached hydrogen (secondary N) is 1. The summed E-state index contributed by atoms with van der Waals surface area (Å²) in [4.78, 5) is 6.66. The third kappa shape index (κ3) is 6.32. The van der Waals surface area contributed by atoms with Crippen molar-refractivity contribution in [1.82, 2.24) is 4.98 Å². The number of sulfonamides is 1. The number of rotatable bonds is 8. The van der Waals surface area contributed by atoms with E-state index in [1.165, 1.54) is 5.69 Å². The molecule has 0 radical (unpaired) electrons. The quantitative estimate of drug-likeness (QED) is 0.255. The van der Waals surface area contributed by atoms with Gasteiger partial charge in [0.2, 0.25) is 0 Å². The van der Waals surface area contributed by atoms with Crippen LogP contribution in [0.2, 0.25) is 0 Å². The van der Waals surface area contributed by atoms with Crippen LogP contribution < -0.4 is 14.4 Å². The van der Waals surface area contributed by atoms with Crippen molar-refractivity contribution in [1.29, 1.82) is 0 Å². The molecule has 6 nitrogen and oxygen atoms in total. The maximum Gasteiger partial charge on any atom is 0.261 e. The Hall–Kier alpha value is -3.36. The highest BCUT2D eigenvalue weighted by Gasteiger charge is 2.20. The van der Waals surface area contributed by atoms with Crippen LogP contribution in [0.4, 0.5) is 11.4 Å². The second-order valence-electron chi connectivity index (χ2n) is 9.08. The zero-order valence-electron chi connectivity index (χ0n) is 20.3. The molecule has 2 heterocycles. The van der Waals surface area contributed by atoms with Crippen LogP contribution in [0.1, 0.15) is 12.8 Å². The lowest BCUT2D eigenvalue weighted by Gasteiger charge is -2.33. The smallest absolute Gasteiger partial charge is 0.261 e. The molecule has 5 rings (SSSR count). The van der Waals surface area contributed by atoms with Crippen LogP contribution in [-0.4, -0.2) is 33.1 Å². The van der Waals surface area contributed by atoms with Crippen LogP contribution in [0.3, 0.4) is 0 Å². The number of benzene rings is 3. The Kier molecular flexibility index (Phi) is 7.76. The molecule has 0 atom stereocenters. The van der Waals surface area contributed by atoms with E-state index in [0.717, 1.165) is 47.3 Å². The fraction of sp³-hybridized carbons (Fsp3) is 0.207. The monoisotopic (exact) mass is 577 g/mol. The zero-order chi connectivity index (χ0) is 25.7. The van der Waals surface area contributed by atoms with Crippen molar-refractivity contribution in [3.05, 3.63) is 102 Å². The summed E-state index contributed by atoms with van der Waals surface area (Å²) in [6, 6.07) is 26.0. The number of hydrogen-bond acceptors (Lipinski definition) is 5. The highest BCUT2D eigenvalue weighted by Crippen LogP contribution is 2.31. The first kappa shape index (κ1) is 25.3. The molecule has 8 heteroatoms. The molecule has 4 aromatic rings. The number of ether oxygens (including phenoxy) is 1. The van der Waals surface area contributed by atoms with Gasteiger partial charge in [-0.25, -0.2) is 8.42 Å². The van der Waals surface area contributed by atoms with E-state index in [2.05, 4.69) is 30.5 Å². The summed E-state index contributed by atoms with van der Waals surface area (Å²) in [5, 5.41) is 0. The molecule has 1 aromatic heterocycles. The van der Waals surface area contributed by atoms with Gasteiger partial charge in [-0.1, -0.05) is 52.3 Å². The zero-order valence-corrected chi connectivity index (χ0v) is 22.7. The van der Waals surface area contributed by atoms with Gasteiger partial charge >= 0.3 is 0 Å². The predicted molar refractivity (Wildman–Crippen MR) is 151 cm³/mol. The predicted octanol–water partition coefficient (Wildman–Crippen LogP) is 6.61. The SMILES string of the molecule is O=S(=O)(Nc1ccc(OCC2CCN(c3ccncc3)CC2)cc1)c1ccc(-c2ccccc2)c(Br)c1. The van der Waals surface area contributed by atoms with E-state index in [0.29, 0.717) is 18.2 Å². The van der Waals surface area contributed by atoms with E-state index >= 15 is 0 Å². The largest absolute Gasteiger partial charge is 0.493 e. The fourth-order valence-corrected chi connectivity index (χ4v) is 6.32. The Morgan fingerprint density at radius 2 is 1.62 bits per heavy atom. The summed E-state index contributed by atoms with van der Waals surface area (Å²) in [5.74, 6) is 1.23. The molecule has 3 aromatic carbocycles. The summed E-state index contributed by atoms with van der Waals surface area (Å²) in [7, 11) is -3.73. The van der Waals surface area contributed by atoms with Gasteiger partial charge in [0.05, 0.1) is 11.5 Å². The molecule has 37 heavy (non-hydrogen) atoms. The molecule has 0 aliphatic carbocycles. The molecule has 1 fully saturated rings. The van der Waals surface area contributed by atoms with Crippen molar-refractivity contribution in [2.24, 2.45) is 5.92 Å². The molecule has 0 bridgehead atoms. The Balaban J connectivity index is 1.15. The minimum atomic E-state index is -3.73.